The van der Waals surface area contributed by atoms with Crippen LogP contribution in [0.2, 0.25) is 0 Å². The number of nitrogens with one attached hydrogen (secondary N) is 1. The number of hydrogen-bond acceptors (Lipinski definition) is 3. The monoisotopic (exact) mass is 364 g/mol. The third kappa shape index (κ3) is 3.69. The van der Waals surface area contributed by atoms with Gasteiger partial charge in [-0.3, -0.25) is 4.79 Å². The SMILES string of the molecule is O=c1[nH]c(-c2ccc(COc3cc(F)cc(F)c3)cc2)nc2ccccc12. The molecule has 0 fully saturated rings. The van der Waals surface area contributed by atoms with Gasteiger partial charge in [-0.15, -0.1) is 0 Å². The lowest BCUT2D eigenvalue weighted by molar-refractivity contribution is 0.302. The number of rotatable bonds is 4. The molecule has 6 heteroatoms. The van der Waals surface area contributed by atoms with Crippen molar-refractivity contribution in [3.8, 4) is 17.1 Å². The van der Waals surface area contributed by atoms with Gasteiger partial charge in [0, 0.05) is 23.8 Å². The summed E-state index contributed by atoms with van der Waals surface area (Å²) in [5.41, 5.74) is 1.98. The number of fused-ring (bicyclic) bond motifs is 1. The molecule has 0 amide bonds. The molecule has 4 nitrogen and oxygen atoms in total. The number of aromatic nitrogens is 2. The molecule has 0 aliphatic heterocycles. The standard InChI is InChI=1S/C21H14F2N2O2/c22-15-9-16(23)11-17(10-15)27-12-13-5-7-14(8-6-13)20-24-19-4-2-1-3-18(19)21(26)25-20/h1-11H,12H2,(H,24,25,26). The molecule has 0 saturated heterocycles. The first-order chi connectivity index (χ1) is 13.1. The number of ether oxygens (including phenoxy) is 1. The molecule has 0 saturated carbocycles. The number of nitrogens with zero attached hydrogens (tertiary/aromatic N) is 1. The lowest BCUT2D eigenvalue weighted by atomic mass is 10.1. The molecule has 4 rings (SSSR count). The number of aromatic amines is 1. The molecule has 1 aromatic heterocycles. The molecule has 0 spiro atoms. The summed E-state index contributed by atoms with van der Waals surface area (Å²) in [4.78, 5) is 19.4. The molecular weight excluding hydrogens is 350 g/mol. The zero-order chi connectivity index (χ0) is 18.8. The van der Waals surface area contributed by atoms with Gasteiger partial charge < -0.3 is 9.72 Å². The fraction of sp³-hybridized carbons (Fsp3) is 0.0476. The zero-order valence-corrected chi connectivity index (χ0v) is 14.1. The fourth-order valence-electron chi connectivity index (χ4n) is 2.76. The Kier molecular flexibility index (Phi) is 4.38. The molecule has 27 heavy (non-hydrogen) atoms. The van der Waals surface area contributed by atoms with Crippen molar-refractivity contribution in [3.63, 3.8) is 0 Å². The third-order valence-electron chi connectivity index (χ3n) is 4.08. The first-order valence-corrected chi connectivity index (χ1v) is 8.26. The van der Waals surface area contributed by atoms with Gasteiger partial charge in [-0.05, 0) is 17.7 Å². The topological polar surface area (TPSA) is 55.0 Å². The predicted octanol–water partition coefficient (Wildman–Crippen LogP) is 4.45. The van der Waals surface area contributed by atoms with Crippen molar-refractivity contribution in [3.05, 3.63) is 94.3 Å². The molecule has 1 N–H and O–H groups in total. The Balaban J connectivity index is 1.54. The van der Waals surface area contributed by atoms with E-state index in [1.165, 1.54) is 0 Å². The first kappa shape index (κ1) is 16.9. The average molecular weight is 364 g/mol. The van der Waals surface area contributed by atoms with Crippen LogP contribution >= 0.6 is 0 Å². The van der Waals surface area contributed by atoms with E-state index >= 15 is 0 Å². The second kappa shape index (κ2) is 6.99. The van der Waals surface area contributed by atoms with Crippen LogP contribution in [0.1, 0.15) is 5.56 Å². The van der Waals surface area contributed by atoms with Crippen LogP contribution in [-0.4, -0.2) is 9.97 Å². The average Bonchev–Trinajstić information content (AvgIpc) is 2.66. The summed E-state index contributed by atoms with van der Waals surface area (Å²) in [6.45, 7) is 0.158. The van der Waals surface area contributed by atoms with E-state index < -0.39 is 11.6 Å². The lowest BCUT2D eigenvalue weighted by Crippen LogP contribution is -2.09. The summed E-state index contributed by atoms with van der Waals surface area (Å²) >= 11 is 0. The van der Waals surface area contributed by atoms with E-state index in [-0.39, 0.29) is 17.9 Å². The van der Waals surface area contributed by atoms with Gasteiger partial charge in [0.25, 0.3) is 5.56 Å². The zero-order valence-electron chi connectivity index (χ0n) is 14.1. The largest absolute Gasteiger partial charge is 0.489 e. The minimum absolute atomic E-state index is 0.122. The van der Waals surface area contributed by atoms with Crippen molar-refractivity contribution in [1.29, 1.82) is 0 Å². The molecular formula is C21H14F2N2O2. The van der Waals surface area contributed by atoms with Crippen LogP contribution in [0.5, 0.6) is 5.75 Å². The summed E-state index contributed by atoms with van der Waals surface area (Å²) in [7, 11) is 0. The van der Waals surface area contributed by atoms with E-state index in [1.807, 2.05) is 6.07 Å². The number of para-hydroxylation sites is 1. The fourth-order valence-corrected chi connectivity index (χ4v) is 2.76. The van der Waals surface area contributed by atoms with Gasteiger partial charge >= 0.3 is 0 Å². The highest BCUT2D eigenvalue weighted by Gasteiger charge is 2.06. The van der Waals surface area contributed by atoms with Gasteiger partial charge in [0.05, 0.1) is 10.9 Å². The van der Waals surface area contributed by atoms with Crippen LogP contribution in [-0.2, 0) is 6.61 Å². The molecule has 0 bridgehead atoms. The molecule has 134 valence electrons. The molecule has 0 aliphatic rings. The van der Waals surface area contributed by atoms with E-state index in [0.29, 0.717) is 16.7 Å². The summed E-state index contributed by atoms with van der Waals surface area (Å²) in [5.74, 6) is -0.783. The maximum Gasteiger partial charge on any atom is 0.259 e. The van der Waals surface area contributed by atoms with E-state index in [9.17, 15) is 13.6 Å². The van der Waals surface area contributed by atoms with E-state index in [1.54, 1.807) is 42.5 Å². The highest BCUT2D eigenvalue weighted by atomic mass is 19.1. The van der Waals surface area contributed by atoms with Crippen molar-refractivity contribution in [2.75, 3.05) is 0 Å². The number of benzene rings is 3. The van der Waals surface area contributed by atoms with Crippen LogP contribution in [0.25, 0.3) is 22.3 Å². The van der Waals surface area contributed by atoms with Gasteiger partial charge in [0.2, 0.25) is 0 Å². The Morgan fingerprint density at radius 2 is 1.63 bits per heavy atom. The molecule has 4 aromatic rings. The van der Waals surface area contributed by atoms with Crippen LogP contribution in [0.15, 0.2) is 71.5 Å². The molecule has 0 aliphatic carbocycles. The van der Waals surface area contributed by atoms with Crippen molar-refractivity contribution < 1.29 is 13.5 Å². The highest BCUT2D eigenvalue weighted by molar-refractivity contribution is 5.79. The molecule has 0 atom stereocenters. The second-order valence-corrected chi connectivity index (χ2v) is 6.02. The predicted molar refractivity (Wildman–Crippen MR) is 98.5 cm³/mol. The van der Waals surface area contributed by atoms with E-state index in [4.69, 9.17) is 4.74 Å². The summed E-state index contributed by atoms with van der Waals surface area (Å²) in [6.07, 6.45) is 0. The van der Waals surface area contributed by atoms with Gasteiger partial charge in [0.1, 0.15) is 29.8 Å². The lowest BCUT2D eigenvalue weighted by Gasteiger charge is -2.08. The van der Waals surface area contributed by atoms with Crippen LogP contribution < -0.4 is 10.3 Å². The van der Waals surface area contributed by atoms with Gasteiger partial charge in [-0.25, -0.2) is 13.8 Å². The Hall–Kier alpha value is -3.54. The van der Waals surface area contributed by atoms with Crippen LogP contribution in [0.3, 0.4) is 0 Å². The minimum Gasteiger partial charge on any atom is -0.489 e. The molecule has 3 aromatic carbocycles. The number of hydrogen-bond donors (Lipinski definition) is 1. The Bertz CT molecular complexity index is 1150. The second-order valence-electron chi connectivity index (χ2n) is 6.02. The van der Waals surface area contributed by atoms with Crippen molar-refractivity contribution in [2.45, 2.75) is 6.61 Å². The van der Waals surface area contributed by atoms with Gasteiger partial charge in [0.15, 0.2) is 0 Å². The Morgan fingerprint density at radius 3 is 2.37 bits per heavy atom. The van der Waals surface area contributed by atoms with E-state index in [0.717, 1.165) is 29.3 Å². The third-order valence-corrected chi connectivity index (χ3v) is 4.08. The maximum atomic E-state index is 13.2. The van der Waals surface area contributed by atoms with E-state index in [2.05, 4.69) is 9.97 Å². The summed E-state index contributed by atoms with van der Waals surface area (Å²) in [6, 6.07) is 17.4. The number of halogens is 2. The summed E-state index contributed by atoms with van der Waals surface area (Å²) < 4.78 is 31.8. The molecule has 0 radical (unpaired) electrons. The van der Waals surface area contributed by atoms with Gasteiger partial charge in [-0.2, -0.15) is 0 Å². The van der Waals surface area contributed by atoms with Crippen molar-refractivity contribution >= 4 is 10.9 Å². The minimum atomic E-state index is -0.688. The molecule has 1 heterocycles. The van der Waals surface area contributed by atoms with Crippen LogP contribution in [0, 0.1) is 11.6 Å². The molecule has 0 unspecified atom stereocenters. The number of H-pyrrole nitrogens is 1. The normalized spacial score (nSPS) is 10.9. The highest BCUT2D eigenvalue weighted by Crippen LogP contribution is 2.19. The quantitative estimate of drug-likeness (QED) is 0.582. The Labute approximate surface area is 153 Å². The van der Waals surface area contributed by atoms with Crippen molar-refractivity contribution in [2.24, 2.45) is 0 Å². The van der Waals surface area contributed by atoms with Crippen LogP contribution in [0.4, 0.5) is 8.78 Å². The Morgan fingerprint density at radius 1 is 0.926 bits per heavy atom. The van der Waals surface area contributed by atoms with Gasteiger partial charge in [-0.1, -0.05) is 36.4 Å². The smallest absolute Gasteiger partial charge is 0.259 e. The van der Waals surface area contributed by atoms with Crippen molar-refractivity contribution in [1.82, 2.24) is 9.97 Å². The summed E-state index contributed by atoms with van der Waals surface area (Å²) in [5, 5.41) is 0.536. The maximum absolute atomic E-state index is 13.2. The first-order valence-electron chi connectivity index (χ1n) is 8.26.